The average Bonchev–Trinajstić information content (AvgIpc) is 3.13. The summed E-state index contributed by atoms with van der Waals surface area (Å²) in [7, 11) is -4.35. The van der Waals surface area contributed by atoms with Gasteiger partial charge >= 0.3 is 7.82 Å². The quantitative estimate of drug-likeness (QED) is 0.0281. The molecule has 0 saturated heterocycles. The normalized spacial score (nSPS) is 14.8. The number of amides is 1. The summed E-state index contributed by atoms with van der Waals surface area (Å²) in [5.74, 6) is -0.225. The van der Waals surface area contributed by atoms with Gasteiger partial charge in [-0.2, -0.15) is 0 Å². The third-order valence-electron chi connectivity index (χ3n) is 8.79. The molecule has 0 bridgehead atoms. The summed E-state index contributed by atoms with van der Waals surface area (Å²) in [6, 6.07) is -0.892. The van der Waals surface area contributed by atoms with Gasteiger partial charge in [0.1, 0.15) is 0 Å². The first-order valence-corrected chi connectivity index (χ1v) is 22.4. The number of hydrogen-bond acceptors (Lipinski definition) is 6. The number of carbonyl (C=O) groups excluding carboxylic acids is 1. The minimum absolute atomic E-state index is 0.0670. The number of aliphatic hydroxyl groups is 1. The van der Waals surface area contributed by atoms with Crippen LogP contribution in [0.3, 0.4) is 0 Å². The Kier molecular flexibility index (Phi) is 37.6. The molecule has 0 aliphatic carbocycles. The van der Waals surface area contributed by atoms with Gasteiger partial charge in [0, 0.05) is 13.0 Å². The van der Waals surface area contributed by atoms with Crippen molar-refractivity contribution in [3.8, 4) is 0 Å². The summed E-state index contributed by atoms with van der Waals surface area (Å²) in [6.07, 6.45) is 48.4. The van der Waals surface area contributed by atoms with Gasteiger partial charge in [-0.1, -0.05) is 152 Å². The fourth-order valence-electron chi connectivity index (χ4n) is 5.60. The summed E-state index contributed by atoms with van der Waals surface area (Å²) in [5.41, 5.74) is 5.36. The van der Waals surface area contributed by atoms with E-state index in [1.807, 2.05) is 6.08 Å². The highest BCUT2D eigenvalue weighted by molar-refractivity contribution is 7.47. The summed E-state index contributed by atoms with van der Waals surface area (Å²) in [5, 5.41) is 13.6. The molecule has 0 heterocycles. The lowest BCUT2D eigenvalue weighted by atomic mass is 10.1. The van der Waals surface area contributed by atoms with Crippen molar-refractivity contribution in [1.82, 2.24) is 5.32 Å². The van der Waals surface area contributed by atoms with Crippen molar-refractivity contribution >= 4 is 13.7 Å². The van der Waals surface area contributed by atoms with Crippen LogP contribution in [0.2, 0.25) is 0 Å². The molecule has 0 aromatic rings. The van der Waals surface area contributed by atoms with Crippen molar-refractivity contribution in [3.63, 3.8) is 0 Å². The van der Waals surface area contributed by atoms with Crippen LogP contribution in [0.4, 0.5) is 0 Å². The SMILES string of the molecule is CCCCC/C=C\C/C=C\CCCCCCCC(=O)NC(COP(=O)(O)OCCN)C(O)/C=C/CC/C=C/CC/C=C/CCCCCCCCCC. The summed E-state index contributed by atoms with van der Waals surface area (Å²) >= 11 is 0. The number of carbonyl (C=O) groups is 1. The molecule has 0 aromatic carbocycles. The van der Waals surface area contributed by atoms with Crippen molar-refractivity contribution < 1.29 is 28.4 Å². The van der Waals surface area contributed by atoms with Crippen molar-refractivity contribution in [2.45, 2.75) is 187 Å². The van der Waals surface area contributed by atoms with Crippen LogP contribution in [-0.4, -0.2) is 47.8 Å². The molecule has 8 nitrogen and oxygen atoms in total. The van der Waals surface area contributed by atoms with Crippen LogP contribution in [0.15, 0.2) is 60.8 Å². The Morgan fingerprint density at radius 2 is 1.08 bits per heavy atom. The Balaban J connectivity index is 4.37. The first kappa shape index (κ1) is 50.2. The Labute approximate surface area is 319 Å². The van der Waals surface area contributed by atoms with E-state index in [9.17, 15) is 19.4 Å². The van der Waals surface area contributed by atoms with E-state index in [-0.39, 0.29) is 25.7 Å². The zero-order valence-electron chi connectivity index (χ0n) is 33.3. The molecule has 1 amide bonds. The van der Waals surface area contributed by atoms with Gasteiger partial charge in [-0.15, -0.1) is 0 Å². The van der Waals surface area contributed by atoms with Gasteiger partial charge in [-0.25, -0.2) is 4.57 Å². The van der Waals surface area contributed by atoms with E-state index >= 15 is 0 Å². The lowest BCUT2D eigenvalue weighted by Gasteiger charge is -2.23. The van der Waals surface area contributed by atoms with Crippen molar-refractivity contribution in [2.75, 3.05) is 19.8 Å². The number of nitrogens with two attached hydrogens (primary N) is 1. The maximum atomic E-state index is 12.7. The van der Waals surface area contributed by atoms with Crippen LogP contribution in [0.25, 0.3) is 0 Å². The monoisotopic (exact) mass is 751 g/mol. The van der Waals surface area contributed by atoms with E-state index in [1.165, 1.54) is 83.5 Å². The third-order valence-corrected chi connectivity index (χ3v) is 9.78. The molecular formula is C43H79N2O6P. The second kappa shape index (κ2) is 38.9. The molecule has 3 atom stereocenters. The van der Waals surface area contributed by atoms with Gasteiger partial charge in [0.2, 0.25) is 5.91 Å². The number of phosphoric ester groups is 1. The number of nitrogens with one attached hydrogen (secondary N) is 1. The highest BCUT2D eigenvalue weighted by Gasteiger charge is 2.26. The second-order valence-electron chi connectivity index (χ2n) is 13.8. The summed E-state index contributed by atoms with van der Waals surface area (Å²) in [4.78, 5) is 22.6. The minimum Gasteiger partial charge on any atom is -0.387 e. The third kappa shape index (κ3) is 36.6. The summed E-state index contributed by atoms with van der Waals surface area (Å²) < 4.78 is 22.1. The highest BCUT2D eigenvalue weighted by Crippen LogP contribution is 2.43. The van der Waals surface area contributed by atoms with Crippen LogP contribution in [-0.2, 0) is 18.4 Å². The Bertz CT molecular complexity index is 996. The highest BCUT2D eigenvalue weighted by atomic mass is 31.2. The molecule has 0 aliphatic rings. The fraction of sp³-hybridized carbons (Fsp3) is 0.744. The van der Waals surface area contributed by atoms with Gasteiger partial charge in [-0.3, -0.25) is 13.8 Å². The van der Waals surface area contributed by atoms with Crippen molar-refractivity contribution in [2.24, 2.45) is 5.73 Å². The minimum atomic E-state index is -4.35. The van der Waals surface area contributed by atoms with E-state index in [0.29, 0.717) is 6.42 Å². The molecule has 0 aromatic heterocycles. The predicted octanol–water partition coefficient (Wildman–Crippen LogP) is 11.5. The number of unbranched alkanes of at least 4 members (excludes halogenated alkanes) is 18. The van der Waals surface area contributed by atoms with Crippen LogP contribution in [0.5, 0.6) is 0 Å². The zero-order valence-corrected chi connectivity index (χ0v) is 34.2. The van der Waals surface area contributed by atoms with Crippen LogP contribution >= 0.6 is 7.82 Å². The number of rotatable bonds is 38. The smallest absolute Gasteiger partial charge is 0.387 e. The molecule has 0 aliphatic heterocycles. The Morgan fingerprint density at radius 1 is 0.635 bits per heavy atom. The Morgan fingerprint density at radius 3 is 1.63 bits per heavy atom. The van der Waals surface area contributed by atoms with Gasteiger partial charge in [0.05, 0.1) is 25.4 Å². The zero-order chi connectivity index (χ0) is 38.2. The van der Waals surface area contributed by atoms with Crippen molar-refractivity contribution in [3.05, 3.63) is 60.8 Å². The molecule has 0 radical (unpaired) electrons. The predicted molar refractivity (Wildman–Crippen MR) is 221 cm³/mol. The van der Waals surface area contributed by atoms with E-state index in [0.717, 1.165) is 70.6 Å². The van der Waals surface area contributed by atoms with Gasteiger partial charge < -0.3 is 21.1 Å². The number of hydrogen-bond donors (Lipinski definition) is 4. The maximum absolute atomic E-state index is 12.7. The lowest BCUT2D eigenvalue weighted by molar-refractivity contribution is -0.123. The molecule has 0 rings (SSSR count). The van der Waals surface area contributed by atoms with E-state index < -0.39 is 20.0 Å². The van der Waals surface area contributed by atoms with Crippen LogP contribution in [0, 0.1) is 0 Å². The molecule has 0 fully saturated rings. The lowest BCUT2D eigenvalue weighted by Crippen LogP contribution is -2.45. The second-order valence-corrected chi connectivity index (χ2v) is 15.3. The molecule has 3 unspecified atom stereocenters. The largest absolute Gasteiger partial charge is 0.472 e. The Hall–Kier alpha value is -1.80. The molecule has 9 heteroatoms. The van der Waals surface area contributed by atoms with E-state index in [1.54, 1.807) is 6.08 Å². The maximum Gasteiger partial charge on any atom is 0.472 e. The number of aliphatic hydroxyl groups excluding tert-OH is 1. The molecule has 52 heavy (non-hydrogen) atoms. The summed E-state index contributed by atoms with van der Waals surface area (Å²) in [6.45, 7) is 4.05. The standard InChI is InChI=1S/C43H79N2O6P/c1-3-5-7-9-11-13-15-17-19-20-21-23-24-26-28-30-32-34-36-42(46)41(40-51-52(48,49)50-39-38-44)45-43(47)37-35-33-31-29-27-25-22-18-16-14-12-10-8-6-4-2/h12,14,18,20-22,26,28,34,36,41-42,46H,3-11,13,15-17,19,23-25,27,29-33,35,37-40,44H2,1-2H3,(H,45,47)(H,48,49)/b14-12-,21-20+,22-18-,28-26+,36-34+. The van der Waals surface area contributed by atoms with Gasteiger partial charge in [-0.05, 0) is 77.0 Å². The number of allylic oxidation sites excluding steroid dienone is 9. The molecular weight excluding hydrogens is 671 g/mol. The first-order valence-electron chi connectivity index (χ1n) is 20.9. The van der Waals surface area contributed by atoms with E-state index in [4.69, 9.17) is 14.8 Å². The fourth-order valence-corrected chi connectivity index (χ4v) is 6.36. The van der Waals surface area contributed by atoms with Gasteiger partial charge in [0.15, 0.2) is 0 Å². The number of phosphoric acid groups is 1. The molecule has 5 N–H and O–H groups in total. The average molecular weight is 751 g/mol. The van der Waals surface area contributed by atoms with Crippen molar-refractivity contribution in [1.29, 1.82) is 0 Å². The van der Waals surface area contributed by atoms with Gasteiger partial charge in [0.25, 0.3) is 0 Å². The van der Waals surface area contributed by atoms with Crippen LogP contribution in [0.1, 0.15) is 174 Å². The molecule has 0 spiro atoms. The molecule has 0 saturated carbocycles. The molecule has 302 valence electrons. The topological polar surface area (TPSA) is 131 Å². The van der Waals surface area contributed by atoms with E-state index in [2.05, 4.69) is 67.8 Å². The van der Waals surface area contributed by atoms with Crippen LogP contribution < -0.4 is 11.1 Å². The first-order chi connectivity index (χ1) is 25.4.